The van der Waals surface area contributed by atoms with Gasteiger partial charge in [0.05, 0.1) is 16.0 Å². The molecule has 0 bridgehead atoms. The van der Waals surface area contributed by atoms with E-state index in [4.69, 9.17) is 11.8 Å². The predicted molar refractivity (Wildman–Crippen MR) is 173 cm³/mol. The molecule has 0 aliphatic heterocycles. The molecular formula is C27H22ClN7O10S3. The van der Waals surface area contributed by atoms with Gasteiger partial charge in [-0.3, -0.25) is 13.7 Å². The lowest BCUT2D eigenvalue weighted by atomic mass is 10.1. The van der Waals surface area contributed by atoms with Crippen molar-refractivity contribution < 1.29 is 44.0 Å². The normalized spacial score (nSPS) is 12.5. The maximum Gasteiger partial charge on any atom is 0.297 e. The third kappa shape index (κ3) is 6.89. The van der Waals surface area contributed by atoms with Gasteiger partial charge in [-0.05, 0) is 54.3 Å². The summed E-state index contributed by atoms with van der Waals surface area (Å²) in [4.78, 5) is 11.4. The van der Waals surface area contributed by atoms with Gasteiger partial charge < -0.3 is 10.0 Å². The fourth-order valence-corrected chi connectivity index (χ4v) is 6.86. The third-order valence-electron chi connectivity index (χ3n) is 6.76. The van der Waals surface area contributed by atoms with Gasteiger partial charge in [-0.25, -0.2) is 9.40 Å². The van der Waals surface area contributed by atoms with Crippen LogP contribution in [0.1, 0.15) is 5.56 Å². The number of para-hydroxylation sites is 1. The Labute approximate surface area is 278 Å². The van der Waals surface area contributed by atoms with Gasteiger partial charge >= 0.3 is 0 Å². The molecule has 0 aliphatic rings. The predicted octanol–water partition coefficient (Wildman–Crippen LogP) is 5.25. The first-order valence-electron chi connectivity index (χ1n) is 13.1. The molecule has 0 aliphatic carbocycles. The van der Waals surface area contributed by atoms with Crippen LogP contribution in [-0.2, 0) is 30.4 Å². The second-order valence-electron chi connectivity index (χ2n) is 9.92. The molecule has 5 aromatic rings. The van der Waals surface area contributed by atoms with Crippen molar-refractivity contribution in [2.75, 3.05) is 16.4 Å². The standard InChI is InChI=1S/C27H22ClN7O10S3/c1-15-7-6-10-19(25(15)48(43,44)45)32-33-23-21(47(40,41)42)12-16-11-18(46(37,38)39)13-20(22(16)24(23)36)35(28)27-30-14-29-26(31-27)34(2)17-8-4-3-5-9-17/h3-14,36H,1-2H3,(H,37,38,39)(H,40,41,42)(H,43,44,45). The molecule has 48 heavy (non-hydrogen) atoms. The Morgan fingerprint density at radius 1 is 0.792 bits per heavy atom. The summed E-state index contributed by atoms with van der Waals surface area (Å²) in [6.45, 7) is 1.34. The van der Waals surface area contributed by atoms with E-state index < -0.39 is 73.2 Å². The Morgan fingerprint density at radius 3 is 2.08 bits per heavy atom. The van der Waals surface area contributed by atoms with Crippen LogP contribution >= 0.6 is 11.8 Å². The van der Waals surface area contributed by atoms with Crippen LogP contribution in [0.25, 0.3) is 10.8 Å². The second kappa shape index (κ2) is 12.6. The van der Waals surface area contributed by atoms with Crippen molar-refractivity contribution in [3.8, 4) is 5.75 Å². The monoisotopic (exact) mass is 735 g/mol. The topological polar surface area (TPSA) is 253 Å². The van der Waals surface area contributed by atoms with Crippen LogP contribution in [0.4, 0.5) is 34.6 Å². The number of phenols is 1. The van der Waals surface area contributed by atoms with Crippen LogP contribution in [0.5, 0.6) is 5.75 Å². The number of aromatic hydroxyl groups is 1. The second-order valence-corrected chi connectivity index (χ2v) is 14.4. The molecule has 0 radical (unpaired) electrons. The average Bonchev–Trinajstić information content (AvgIpc) is 3.02. The van der Waals surface area contributed by atoms with Gasteiger partial charge in [0.2, 0.25) is 11.9 Å². The lowest BCUT2D eigenvalue weighted by Gasteiger charge is -2.21. The molecule has 0 fully saturated rings. The van der Waals surface area contributed by atoms with Gasteiger partial charge in [0, 0.05) is 24.5 Å². The Bertz CT molecular complexity index is 2450. The molecule has 0 amide bonds. The number of aryl methyl sites for hydroxylation is 1. The van der Waals surface area contributed by atoms with Crippen LogP contribution in [0, 0.1) is 6.92 Å². The molecule has 0 saturated carbocycles. The van der Waals surface area contributed by atoms with Crippen LogP contribution in [-0.4, -0.2) is 66.0 Å². The molecular weight excluding hydrogens is 714 g/mol. The van der Waals surface area contributed by atoms with Gasteiger partial charge in [-0.2, -0.15) is 35.2 Å². The first-order valence-corrected chi connectivity index (χ1v) is 17.7. The molecule has 1 heterocycles. The van der Waals surface area contributed by atoms with Crippen LogP contribution in [0.2, 0.25) is 0 Å². The highest BCUT2D eigenvalue weighted by molar-refractivity contribution is 7.86. The third-order valence-corrected chi connectivity index (χ3v) is 9.84. The highest BCUT2D eigenvalue weighted by atomic mass is 35.5. The first kappa shape index (κ1) is 34.5. The Balaban J connectivity index is 1.78. The zero-order chi connectivity index (χ0) is 35.2. The summed E-state index contributed by atoms with van der Waals surface area (Å²) in [6, 6.07) is 15.0. The number of nitrogens with zero attached hydrogens (tertiary/aromatic N) is 7. The molecule has 250 valence electrons. The van der Waals surface area contributed by atoms with Crippen molar-refractivity contribution in [1.82, 2.24) is 15.0 Å². The number of benzene rings is 4. The Morgan fingerprint density at radius 2 is 1.46 bits per heavy atom. The summed E-state index contributed by atoms with van der Waals surface area (Å²) in [7, 11) is -13.5. The highest BCUT2D eigenvalue weighted by Crippen LogP contribution is 2.47. The number of azo groups is 1. The minimum atomic E-state index is -5.25. The summed E-state index contributed by atoms with van der Waals surface area (Å²) < 4.78 is 104. The fourth-order valence-electron chi connectivity index (χ4n) is 4.60. The van der Waals surface area contributed by atoms with Crippen molar-refractivity contribution >= 4 is 87.5 Å². The van der Waals surface area contributed by atoms with Crippen molar-refractivity contribution in [3.05, 3.63) is 78.6 Å². The lowest BCUT2D eigenvalue weighted by Crippen LogP contribution is -2.16. The van der Waals surface area contributed by atoms with Crippen LogP contribution < -0.4 is 9.32 Å². The number of anilines is 4. The minimum absolute atomic E-state index is 0.0547. The maximum absolute atomic E-state index is 12.5. The summed E-state index contributed by atoms with van der Waals surface area (Å²) in [5, 5.41) is 18.1. The van der Waals surface area contributed by atoms with Crippen LogP contribution in [0.15, 0.2) is 98.0 Å². The van der Waals surface area contributed by atoms with E-state index in [-0.39, 0.29) is 22.8 Å². The van der Waals surface area contributed by atoms with Crippen LogP contribution in [0.3, 0.4) is 0 Å². The summed E-state index contributed by atoms with van der Waals surface area (Å²) in [5.41, 5.74) is -1.09. The van der Waals surface area contributed by atoms with Gasteiger partial charge in [0.25, 0.3) is 30.4 Å². The number of phenolic OH excluding ortho intramolecular Hbond substituents is 1. The molecule has 21 heteroatoms. The first-order chi connectivity index (χ1) is 22.4. The van der Waals surface area contributed by atoms with Gasteiger partial charge in [0.15, 0.2) is 5.75 Å². The fraction of sp³-hybridized carbons (Fsp3) is 0.0741. The van der Waals surface area contributed by atoms with Gasteiger partial charge in [0.1, 0.15) is 27.5 Å². The number of hydrogen-bond acceptors (Lipinski definition) is 14. The minimum Gasteiger partial charge on any atom is -0.505 e. The molecule has 4 aromatic carbocycles. The molecule has 0 spiro atoms. The summed E-state index contributed by atoms with van der Waals surface area (Å²) >= 11 is 6.63. The van der Waals surface area contributed by atoms with E-state index in [0.29, 0.717) is 16.2 Å². The lowest BCUT2D eigenvalue weighted by molar-refractivity contribution is 0.472. The molecule has 17 nitrogen and oxygen atoms in total. The SMILES string of the molecule is Cc1cccc(N=Nc2c(S(=O)(=O)O)cc3cc(S(=O)(=O)O)cc(N(Cl)c4ncnc(N(C)c5ccccc5)n4)c3c2O)c1S(=O)(=O)O. The zero-order valence-electron chi connectivity index (χ0n) is 24.4. The van der Waals surface area contributed by atoms with Crippen molar-refractivity contribution in [3.63, 3.8) is 0 Å². The van der Waals surface area contributed by atoms with E-state index in [1.165, 1.54) is 19.1 Å². The average molecular weight is 736 g/mol. The molecule has 0 unspecified atom stereocenters. The highest BCUT2D eigenvalue weighted by Gasteiger charge is 2.28. The van der Waals surface area contributed by atoms with Crippen molar-refractivity contribution in [1.29, 1.82) is 0 Å². The summed E-state index contributed by atoms with van der Waals surface area (Å²) in [5.74, 6) is -1.28. The Kier molecular flexibility index (Phi) is 9.09. The maximum atomic E-state index is 12.5. The summed E-state index contributed by atoms with van der Waals surface area (Å²) in [6.07, 6.45) is 1.09. The van der Waals surface area contributed by atoms with Gasteiger partial charge in [-0.15, -0.1) is 10.2 Å². The largest absolute Gasteiger partial charge is 0.505 e. The quantitative estimate of drug-likeness (QED) is 0.0856. The van der Waals surface area contributed by atoms with Crippen molar-refractivity contribution in [2.45, 2.75) is 21.6 Å². The number of fused-ring (bicyclic) bond motifs is 1. The van der Waals surface area contributed by atoms with Gasteiger partial charge in [-0.1, -0.05) is 30.3 Å². The molecule has 5 rings (SSSR count). The van der Waals surface area contributed by atoms with E-state index >= 15 is 0 Å². The molecule has 1 aromatic heterocycles. The number of aromatic nitrogens is 3. The van der Waals surface area contributed by atoms with E-state index in [9.17, 15) is 44.0 Å². The number of halogens is 1. The molecule has 0 atom stereocenters. The van der Waals surface area contributed by atoms with E-state index in [1.807, 2.05) is 0 Å². The Hall–Kier alpha value is -4.83. The zero-order valence-corrected chi connectivity index (χ0v) is 27.6. The van der Waals surface area contributed by atoms with Crippen molar-refractivity contribution in [2.24, 2.45) is 10.2 Å². The molecule has 4 N–H and O–H groups in total. The van der Waals surface area contributed by atoms with E-state index in [2.05, 4.69) is 25.2 Å². The van der Waals surface area contributed by atoms with E-state index in [0.717, 1.165) is 24.5 Å². The van der Waals surface area contributed by atoms with E-state index in [1.54, 1.807) is 42.3 Å². The number of rotatable bonds is 9. The smallest absolute Gasteiger partial charge is 0.297 e. The number of hydrogen-bond donors (Lipinski definition) is 4. The molecule has 0 saturated heterocycles.